The van der Waals surface area contributed by atoms with Crippen molar-refractivity contribution in [1.82, 2.24) is 0 Å². The van der Waals surface area contributed by atoms with Crippen LogP contribution in [0.3, 0.4) is 0 Å². The number of anilines is 2. The highest BCUT2D eigenvalue weighted by Gasteiger charge is 2.25. The van der Waals surface area contributed by atoms with Crippen LogP contribution in [0.25, 0.3) is 11.6 Å². The highest BCUT2D eigenvalue weighted by Crippen LogP contribution is 2.36. The third-order valence-electron chi connectivity index (χ3n) is 3.48. The van der Waals surface area contributed by atoms with Crippen LogP contribution in [0.5, 0.6) is 0 Å². The van der Waals surface area contributed by atoms with Gasteiger partial charge in [0.25, 0.3) is 11.8 Å². The molecule has 1 aliphatic rings. The number of nitrogens with one attached hydrogen (secondary N) is 2. The molecule has 116 valence electrons. The zero-order chi connectivity index (χ0) is 16.6. The van der Waals surface area contributed by atoms with Gasteiger partial charge in [-0.2, -0.15) is 0 Å². The first-order chi connectivity index (χ1) is 11.0. The second-order valence-corrected chi connectivity index (χ2v) is 7.00. The molecule has 23 heavy (non-hydrogen) atoms. The van der Waals surface area contributed by atoms with Crippen molar-refractivity contribution in [2.45, 2.75) is 6.92 Å². The minimum absolute atomic E-state index is 0.138. The topological polar surface area (TPSA) is 58.2 Å². The van der Waals surface area contributed by atoms with E-state index in [1.54, 1.807) is 29.5 Å². The molecule has 6 heteroatoms. The minimum Gasteiger partial charge on any atom is -0.322 e. The van der Waals surface area contributed by atoms with Gasteiger partial charge in [-0.25, -0.2) is 0 Å². The van der Waals surface area contributed by atoms with Crippen LogP contribution in [0.2, 0.25) is 0 Å². The Bertz CT molecular complexity index is 867. The molecule has 0 fully saturated rings. The molecule has 1 aromatic heterocycles. The number of fused-ring (bicyclic) bond motifs is 1. The molecular weight excluding hydrogens is 376 g/mol. The van der Waals surface area contributed by atoms with Crippen molar-refractivity contribution in [2.24, 2.45) is 0 Å². The smallest absolute Gasteiger partial charge is 0.262 e. The summed E-state index contributed by atoms with van der Waals surface area (Å²) in [6.07, 6.45) is 1.89. The molecule has 2 N–H and O–H groups in total. The van der Waals surface area contributed by atoms with E-state index in [4.69, 9.17) is 0 Å². The van der Waals surface area contributed by atoms with Gasteiger partial charge in [0.15, 0.2) is 0 Å². The van der Waals surface area contributed by atoms with Crippen molar-refractivity contribution in [3.63, 3.8) is 0 Å². The Morgan fingerprint density at radius 1 is 1.39 bits per heavy atom. The number of amides is 2. The van der Waals surface area contributed by atoms with Gasteiger partial charge >= 0.3 is 0 Å². The lowest BCUT2D eigenvalue weighted by Crippen LogP contribution is -2.10. The van der Waals surface area contributed by atoms with E-state index in [1.165, 1.54) is 0 Å². The number of hydrogen-bond donors (Lipinski definition) is 2. The van der Waals surface area contributed by atoms with E-state index < -0.39 is 0 Å². The van der Waals surface area contributed by atoms with Crippen LogP contribution in [0.4, 0.5) is 11.4 Å². The second-order valence-electron chi connectivity index (χ2n) is 5.10. The Hall–Kier alpha value is -2.18. The van der Waals surface area contributed by atoms with Crippen molar-refractivity contribution in [2.75, 3.05) is 10.6 Å². The van der Waals surface area contributed by atoms with Crippen molar-refractivity contribution in [1.29, 1.82) is 0 Å². The first kappa shape index (κ1) is 15.7. The summed E-state index contributed by atoms with van der Waals surface area (Å²) in [5.74, 6) is -0.456. The van der Waals surface area contributed by atoms with Gasteiger partial charge in [0, 0.05) is 21.8 Å². The molecule has 0 saturated heterocycles. The van der Waals surface area contributed by atoms with Crippen LogP contribution in [0, 0.1) is 6.92 Å². The summed E-state index contributed by atoms with van der Waals surface area (Å²) in [5.41, 5.74) is 3.86. The number of thiophene rings is 1. The zero-order valence-electron chi connectivity index (χ0n) is 12.3. The number of hydrogen-bond acceptors (Lipinski definition) is 3. The summed E-state index contributed by atoms with van der Waals surface area (Å²) in [6.45, 7) is 5.55. The monoisotopic (exact) mass is 388 g/mol. The quantitative estimate of drug-likeness (QED) is 0.765. The average Bonchev–Trinajstić information content (AvgIpc) is 3.04. The van der Waals surface area contributed by atoms with Gasteiger partial charge in [-0.15, -0.1) is 11.3 Å². The zero-order valence-corrected chi connectivity index (χ0v) is 14.7. The highest BCUT2D eigenvalue weighted by molar-refractivity contribution is 9.12. The summed E-state index contributed by atoms with van der Waals surface area (Å²) in [6, 6.07) is 7.33. The number of carbonyl (C=O) groups is 2. The van der Waals surface area contributed by atoms with Gasteiger partial charge in [-0.05, 0) is 64.1 Å². The van der Waals surface area contributed by atoms with Crippen LogP contribution < -0.4 is 10.6 Å². The molecule has 0 atom stereocenters. The maximum absolute atomic E-state index is 12.2. The van der Waals surface area contributed by atoms with E-state index in [2.05, 4.69) is 33.1 Å². The van der Waals surface area contributed by atoms with Crippen molar-refractivity contribution in [3.8, 4) is 0 Å². The first-order valence-corrected chi connectivity index (χ1v) is 8.50. The first-order valence-electron chi connectivity index (χ1n) is 6.83. The van der Waals surface area contributed by atoms with E-state index in [0.717, 1.165) is 21.7 Å². The normalized spacial score (nSPS) is 14.5. The summed E-state index contributed by atoms with van der Waals surface area (Å²) in [5, 5.41) is 7.56. The molecule has 1 aromatic carbocycles. The van der Waals surface area contributed by atoms with Crippen LogP contribution in [0.15, 0.2) is 40.7 Å². The molecule has 0 unspecified atom stereocenters. The van der Waals surface area contributed by atoms with Crippen molar-refractivity contribution >= 4 is 62.1 Å². The molecule has 0 spiro atoms. The molecule has 2 aromatic rings. The Morgan fingerprint density at radius 3 is 2.83 bits per heavy atom. The largest absolute Gasteiger partial charge is 0.322 e. The Labute approximate surface area is 146 Å². The maximum atomic E-state index is 12.2. The van der Waals surface area contributed by atoms with Crippen molar-refractivity contribution in [3.05, 3.63) is 56.7 Å². The molecule has 2 heterocycles. The summed E-state index contributed by atoms with van der Waals surface area (Å²) >= 11 is 4.63. The van der Waals surface area contributed by atoms with E-state index in [1.807, 2.05) is 24.4 Å². The van der Waals surface area contributed by atoms with Crippen LogP contribution in [0.1, 0.15) is 16.0 Å². The lowest BCUT2D eigenvalue weighted by Gasteiger charge is -2.06. The standard InChI is InChI=1S/C17H13BrN2O2S/c1-9-5-6-23-15(9)8-13-12-7-11(19-16(21)10(2)18)3-4-14(12)20-17(13)22/h3-8H,2H2,1H3,(H,19,21)(H,20,22)/b13-8+. The number of carbonyl (C=O) groups excluding carboxylic acids is 2. The Morgan fingerprint density at radius 2 is 2.17 bits per heavy atom. The fraction of sp³-hybridized carbons (Fsp3) is 0.0588. The third-order valence-corrected chi connectivity index (χ3v) is 4.81. The SMILES string of the molecule is C=C(Br)C(=O)Nc1ccc2c(c1)/C(=C\c1sccc1C)C(=O)N2. The van der Waals surface area contributed by atoms with Gasteiger partial charge < -0.3 is 10.6 Å². The van der Waals surface area contributed by atoms with Crippen LogP contribution in [-0.2, 0) is 9.59 Å². The Kier molecular flexibility index (Phi) is 4.19. The number of aryl methyl sites for hydroxylation is 1. The van der Waals surface area contributed by atoms with E-state index >= 15 is 0 Å². The van der Waals surface area contributed by atoms with Crippen molar-refractivity contribution < 1.29 is 9.59 Å². The minimum atomic E-state index is -0.318. The number of rotatable bonds is 3. The van der Waals surface area contributed by atoms with E-state index in [-0.39, 0.29) is 16.3 Å². The predicted octanol–water partition coefficient (Wildman–Crippen LogP) is 4.40. The second kappa shape index (κ2) is 6.14. The van der Waals surface area contributed by atoms with Crippen LogP contribution >= 0.6 is 27.3 Å². The summed E-state index contributed by atoms with van der Waals surface area (Å²) < 4.78 is 0.247. The van der Waals surface area contributed by atoms with E-state index in [9.17, 15) is 9.59 Å². The molecule has 0 aliphatic carbocycles. The number of benzene rings is 1. The molecule has 0 saturated carbocycles. The summed E-state index contributed by atoms with van der Waals surface area (Å²) in [7, 11) is 0. The molecule has 1 aliphatic heterocycles. The van der Waals surface area contributed by atoms with Crippen LogP contribution in [-0.4, -0.2) is 11.8 Å². The number of halogens is 1. The summed E-state index contributed by atoms with van der Waals surface area (Å²) in [4.78, 5) is 25.0. The molecule has 0 bridgehead atoms. The molecule has 0 radical (unpaired) electrons. The maximum Gasteiger partial charge on any atom is 0.262 e. The molecule has 2 amide bonds. The molecule has 3 rings (SSSR count). The fourth-order valence-electron chi connectivity index (χ4n) is 2.27. The highest BCUT2D eigenvalue weighted by atomic mass is 79.9. The lowest BCUT2D eigenvalue weighted by atomic mass is 10.0. The van der Waals surface area contributed by atoms with Gasteiger partial charge in [0.05, 0.1) is 10.1 Å². The van der Waals surface area contributed by atoms with E-state index in [0.29, 0.717) is 11.3 Å². The molecule has 4 nitrogen and oxygen atoms in total. The van der Waals surface area contributed by atoms with Gasteiger partial charge in [0.2, 0.25) is 0 Å². The average molecular weight is 389 g/mol. The predicted molar refractivity (Wildman–Crippen MR) is 98.7 cm³/mol. The van der Waals surface area contributed by atoms with Gasteiger partial charge in [-0.3, -0.25) is 9.59 Å². The van der Waals surface area contributed by atoms with Gasteiger partial charge in [-0.1, -0.05) is 6.58 Å². The third kappa shape index (κ3) is 3.13. The Balaban J connectivity index is 2.00. The lowest BCUT2D eigenvalue weighted by molar-refractivity contribution is -0.112. The molecular formula is C17H13BrN2O2S. The fourth-order valence-corrected chi connectivity index (χ4v) is 3.23. The van der Waals surface area contributed by atoms with Gasteiger partial charge in [0.1, 0.15) is 0 Å².